The van der Waals surface area contributed by atoms with Gasteiger partial charge in [-0.05, 0) is 50.6 Å². The fourth-order valence-corrected chi connectivity index (χ4v) is 2.70. The van der Waals surface area contributed by atoms with Gasteiger partial charge in [-0.15, -0.1) is 0 Å². The summed E-state index contributed by atoms with van der Waals surface area (Å²) in [6.07, 6.45) is 2.47. The summed E-state index contributed by atoms with van der Waals surface area (Å²) in [5.74, 6) is -0.528. The Balaban J connectivity index is 1.57. The van der Waals surface area contributed by atoms with Crippen LogP contribution >= 0.6 is 11.6 Å². The van der Waals surface area contributed by atoms with Crippen molar-refractivity contribution in [3.63, 3.8) is 0 Å². The minimum Gasteiger partial charge on any atom is -0.362 e. The maximum absolute atomic E-state index is 11.8. The van der Waals surface area contributed by atoms with E-state index in [0.717, 1.165) is 25.2 Å². The number of nitrogens with one attached hydrogen (secondary N) is 2. The molecule has 0 bridgehead atoms. The smallest absolute Gasteiger partial charge is 0.250 e. The molecule has 1 aliphatic rings. The number of hydrogen-bond donors (Lipinski definition) is 2. The minimum atomic E-state index is -0.320. The summed E-state index contributed by atoms with van der Waals surface area (Å²) in [7, 11) is 0. The van der Waals surface area contributed by atoms with Gasteiger partial charge in [0.05, 0.1) is 0 Å². The molecule has 24 heavy (non-hydrogen) atoms. The lowest BCUT2D eigenvalue weighted by molar-refractivity contribution is -0.128. The van der Waals surface area contributed by atoms with Crippen molar-refractivity contribution in [2.45, 2.75) is 19.8 Å². The predicted molar refractivity (Wildman–Crippen MR) is 94.3 cm³/mol. The van der Waals surface area contributed by atoms with E-state index in [9.17, 15) is 9.59 Å². The maximum Gasteiger partial charge on any atom is 0.250 e. The van der Waals surface area contributed by atoms with Crippen molar-refractivity contribution in [3.05, 3.63) is 28.8 Å². The lowest BCUT2D eigenvalue weighted by atomic mass is 10.2. The molecule has 1 fully saturated rings. The van der Waals surface area contributed by atoms with Crippen LogP contribution in [0.3, 0.4) is 0 Å². The highest BCUT2D eigenvalue weighted by atomic mass is 35.5. The molecule has 2 N–H and O–H groups in total. The Morgan fingerprint density at radius 1 is 1.21 bits per heavy atom. The van der Waals surface area contributed by atoms with E-state index < -0.39 is 0 Å². The first-order chi connectivity index (χ1) is 11.5. The molecular formula is C17H24ClN3O3. The van der Waals surface area contributed by atoms with Crippen LogP contribution in [0.4, 0.5) is 5.69 Å². The van der Waals surface area contributed by atoms with Gasteiger partial charge in [0.2, 0.25) is 11.8 Å². The lowest BCUT2D eigenvalue weighted by Crippen LogP contribution is -2.35. The third kappa shape index (κ3) is 6.47. The van der Waals surface area contributed by atoms with Crippen molar-refractivity contribution in [2.75, 3.05) is 44.7 Å². The highest BCUT2D eigenvalue weighted by Gasteiger charge is 2.11. The quantitative estimate of drug-likeness (QED) is 0.748. The Kier molecular flexibility index (Phi) is 7.49. The Morgan fingerprint density at radius 2 is 1.92 bits per heavy atom. The van der Waals surface area contributed by atoms with Crippen LogP contribution in [0.2, 0.25) is 5.02 Å². The van der Waals surface area contributed by atoms with E-state index in [-0.39, 0.29) is 25.0 Å². The molecule has 2 amide bonds. The number of likely N-dealkylation sites (tertiary alicyclic amines) is 1. The van der Waals surface area contributed by atoms with Crippen LogP contribution in [-0.2, 0) is 14.3 Å². The van der Waals surface area contributed by atoms with Crippen LogP contribution in [0.5, 0.6) is 0 Å². The summed E-state index contributed by atoms with van der Waals surface area (Å²) in [6.45, 7) is 5.27. The average molecular weight is 354 g/mol. The van der Waals surface area contributed by atoms with Crippen molar-refractivity contribution in [1.82, 2.24) is 10.2 Å². The zero-order valence-corrected chi connectivity index (χ0v) is 14.7. The first-order valence-electron chi connectivity index (χ1n) is 8.17. The molecular weight excluding hydrogens is 330 g/mol. The number of anilines is 1. The Labute approximate surface area is 147 Å². The van der Waals surface area contributed by atoms with Gasteiger partial charge in [0.25, 0.3) is 0 Å². The molecule has 2 rings (SSSR count). The molecule has 1 heterocycles. The average Bonchev–Trinajstić information content (AvgIpc) is 3.04. The molecule has 0 aromatic heterocycles. The van der Waals surface area contributed by atoms with Gasteiger partial charge in [0.1, 0.15) is 13.2 Å². The number of aryl methyl sites for hydroxylation is 1. The molecule has 1 aromatic rings. The summed E-state index contributed by atoms with van der Waals surface area (Å²) in [5, 5.41) is 6.06. The first kappa shape index (κ1) is 18.7. The normalized spacial score (nSPS) is 14.6. The number of carbonyl (C=O) groups is 2. The molecule has 1 aliphatic heterocycles. The van der Waals surface area contributed by atoms with Crippen LogP contribution in [0.1, 0.15) is 18.4 Å². The number of ether oxygens (including phenoxy) is 1. The summed E-state index contributed by atoms with van der Waals surface area (Å²) in [4.78, 5) is 25.7. The molecule has 0 atom stereocenters. The van der Waals surface area contributed by atoms with Gasteiger partial charge in [-0.3, -0.25) is 9.59 Å². The van der Waals surface area contributed by atoms with Crippen molar-refractivity contribution in [1.29, 1.82) is 0 Å². The standard InChI is InChI=1S/C17H24ClN3O3/c1-13-4-5-14(10-15(13)18)20-17(23)12-24-11-16(22)19-6-9-21-7-2-3-8-21/h4-5,10H,2-3,6-9,11-12H2,1H3,(H,19,22)(H,20,23). The van der Waals surface area contributed by atoms with E-state index >= 15 is 0 Å². The van der Waals surface area contributed by atoms with Crippen molar-refractivity contribution in [2.24, 2.45) is 0 Å². The Hall–Kier alpha value is -1.63. The first-order valence-corrected chi connectivity index (χ1v) is 8.55. The maximum atomic E-state index is 11.8. The molecule has 1 saturated heterocycles. The number of nitrogens with zero attached hydrogens (tertiary/aromatic N) is 1. The van der Waals surface area contributed by atoms with Crippen molar-refractivity contribution in [3.8, 4) is 0 Å². The fraction of sp³-hybridized carbons (Fsp3) is 0.529. The Bertz CT molecular complexity index is 574. The number of carbonyl (C=O) groups excluding carboxylic acids is 2. The number of halogens is 1. The van der Waals surface area contributed by atoms with Crippen LogP contribution in [0.25, 0.3) is 0 Å². The number of hydrogen-bond acceptors (Lipinski definition) is 4. The van der Waals surface area contributed by atoms with E-state index in [4.69, 9.17) is 16.3 Å². The highest BCUT2D eigenvalue weighted by molar-refractivity contribution is 6.31. The van der Waals surface area contributed by atoms with Crippen LogP contribution in [0, 0.1) is 6.92 Å². The number of amides is 2. The monoisotopic (exact) mass is 353 g/mol. The molecule has 7 heteroatoms. The lowest BCUT2D eigenvalue weighted by Gasteiger charge is -2.14. The van der Waals surface area contributed by atoms with Gasteiger partial charge in [0.15, 0.2) is 0 Å². The van der Waals surface area contributed by atoms with Crippen LogP contribution < -0.4 is 10.6 Å². The third-order valence-corrected chi connectivity index (χ3v) is 4.28. The van der Waals surface area contributed by atoms with Gasteiger partial charge < -0.3 is 20.3 Å². The second-order valence-corrected chi connectivity index (χ2v) is 6.31. The molecule has 0 spiro atoms. The molecule has 132 valence electrons. The molecule has 6 nitrogen and oxygen atoms in total. The largest absolute Gasteiger partial charge is 0.362 e. The van der Waals surface area contributed by atoms with E-state index in [1.807, 2.05) is 13.0 Å². The zero-order chi connectivity index (χ0) is 17.4. The van der Waals surface area contributed by atoms with Gasteiger partial charge in [0, 0.05) is 23.8 Å². The van der Waals surface area contributed by atoms with Crippen molar-refractivity contribution >= 4 is 29.1 Å². The Morgan fingerprint density at radius 3 is 2.62 bits per heavy atom. The fourth-order valence-electron chi connectivity index (χ4n) is 2.51. The summed E-state index contributed by atoms with van der Waals surface area (Å²) < 4.78 is 5.14. The van der Waals surface area contributed by atoms with Crippen molar-refractivity contribution < 1.29 is 14.3 Å². The van der Waals surface area contributed by atoms with Gasteiger partial charge in [-0.2, -0.15) is 0 Å². The van der Waals surface area contributed by atoms with E-state index in [1.54, 1.807) is 12.1 Å². The molecule has 0 radical (unpaired) electrons. The topological polar surface area (TPSA) is 70.7 Å². The molecule has 0 aliphatic carbocycles. The zero-order valence-electron chi connectivity index (χ0n) is 13.9. The van der Waals surface area contributed by atoms with E-state index in [0.29, 0.717) is 17.3 Å². The summed E-state index contributed by atoms with van der Waals surface area (Å²) in [6, 6.07) is 5.27. The summed E-state index contributed by atoms with van der Waals surface area (Å²) >= 11 is 6.00. The van der Waals surface area contributed by atoms with Gasteiger partial charge in [-0.1, -0.05) is 17.7 Å². The molecule has 1 aromatic carbocycles. The highest BCUT2D eigenvalue weighted by Crippen LogP contribution is 2.19. The SMILES string of the molecule is Cc1ccc(NC(=O)COCC(=O)NCCN2CCCC2)cc1Cl. The number of benzene rings is 1. The second-order valence-electron chi connectivity index (χ2n) is 5.90. The summed E-state index contributed by atoms with van der Waals surface area (Å²) in [5.41, 5.74) is 1.55. The number of rotatable bonds is 8. The van der Waals surface area contributed by atoms with E-state index in [2.05, 4.69) is 15.5 Å². The van der Waals surface area contributed by atoms with Gasteiger partial charge >= 0.3 is 0 Å². The van der Waals surface area contributed by atoms with Crippen LogP contribution in [-0.4, -0.2) is 56.1 Å². The predicted octanol–water partition coefficient (Wildman–Crippen LogP) is 1.82. The van der Waals surface area contributed by atoms with E-state index in [1.165, 1.54) is 12.8 Å². The van der Waals surface area contributed by atoms with Gasteiger partial charge in [-0.25, -0.2) is 0 Å². The third-order valence-electron chi connectivity index (χ3n) is 3.87. The molecule has 0 unspecified atom stereocenters. The second kappa shape index (κ2) is 9.61. The van der Waals surface area contributed by atoms with Crippen LogP contribution in [0.15, 0.2) is 18.2 Å². The molecule has 0 saturated carbocycles. The minimum absolute atomic E-state index is 0.123.